The number of amides is 2. The number of carbonyl (C=O) groups excluding carboxylic acids is 1. The lowest BCUT2D eigenvalue weighted by atomic mass is 10.1. The van der Waals surface area contributed by atoms with Crippen molar-refractivity contribution in [3.8, 4) is 18.1 Å². The fourth-order valence-electron chi connectivity index (χ4n) is 2.59. The maximum Gasteiger partial charge on any atom is 0.317 e. The van der Waals surface area contributed by atoms with Gasteiger partial charge in [-0.25, -0.2) is 4.79 Å². The van der Waals surface area contributed by atoms with E-state index in [0.29, 0.717) is 6.54 Å². The maximum atomic E-state index is 12.0. The van der Waals surface area contributed by atoms with Gasteiger partial charge in [-0.2, -0.15) is 0 Å². The number of ether oxygens (including phenoxy) is 1. The van der Waals surface area contributed by atoms with Crippen LogP contribution >= 0.6 is 0 Å². The molecule has 1 saturated heterocycles. The largest absolute Gasteiger partial charge is 0.481 e. The van der Waals surface area contributed by atoms with Gasteiger partial charge in [0.1, 0.15) is 12.4 Å². The highest BCUT2D eigenvalue weighted by Crippen LogP contribution is 2.16. The van der Waals surface area contributed by atoms with Crippen molar-refractivity contribution in [3.05, 3.63) is 29.8 Å². The van der Waals surface area contributed by atoms with E-state index in [0.717, 1.165) is 37.1 Å². The molecular weight excluding hydrogens is 280 g/mol. The molecule has 1 fully saturated rings. The molecule has 0 bridgehead atoms. The number of hydrogen-bond donors (Lipinski definition) is 2. The SMILES string of the molecule is C#CCOc1ccc(CCNC(=O)N2CCCC2CO)cc1. The highest BCUT2D eigenvalue weighted by atomic mass is 16.5. The van der Waals surface area contributed by atoms with Crippen LogP contribution in [0.1, 0.15) is 18.4 Å². The van der Waals surface area contributed by atoms with E-state index >= 15 is 0 Å². The van der Waals surface area contributed by atoms with Crippen molar-refractivity contribution in [2.45, 2.75) is 25.3 Å². The molecule has 5 nitrogen and oxygen atoms in total. The van der Waals surface area contributed by atoms with Crippen LogP contribution in [0.15, 0.2) is 24.3 Å². The summed E-state index contributed by atoms with van der Waals surface area (Å²) in [7, 11) is 0. The van der Waals surface area contributed by atoms with E-state index in [1.165, 1.54) is 0 Å². The first-order valence-corrected chi connectivity index (χ1v) is 7.55. The quantitative estimate of drug-likeness (QED) is 0.781. The zero-order valence-electron chi connectivity index (χ0n) is 12.6. The highest BCUT2D eigenvalue weighted by molar-refractivity contribution is 5.74. The van der Waals surface area contributed by atoms with Crippen LogP contribution in [0.3, 0.4) is 0 Å². The number of nitrogens with zero attached hydrogens (tertiary/aromatic N) is 1. The summed E-state index contributed by atoms with van der Waals surface area (Å²) in [6.07, 6.45) is 7.72. The second kappa shape index (κ2) is 8.30. The summed E-state index contributed by atoms with van der Waals surface area (Å²) in [5, 5.41) is 12.1. The third-order valence-corrected chi connectivity index (χ3v) is 3.78. The van der Waals surface area contributed by atoms with Crippen molar-refractivity contribution in [2.75, 3.05) is 26.3 Å². The topological polar surface area (TPSA) is 61.8 Å². The second-order valence-corrected chi connectivity index (χ2v) is 5.29. The molecule has 22 heavy (non-hydrogen) atoms. The first-order chi connectivity index (χ1) is 10.7. The van der Waals surface area contributed by atoms with Crippen LogP contribution in [0.4, 0.5) is 4.79 Å². The summed E-state index contributed by atoms with van der Waals surface area (Å²) >= 11 is 0. The molecule has 1 aromatic carbocycles. The Labute approximate surface area is 131 Å². The second-order valence-electron chi connectivity index (χ2n) is 5.29. The summed E-state index contributed by atoms with van der Waals surface area (Å²) in [6.45, 7) is 1.58. The zero-order valence-corrected chi connectivity index (χ0v) is 12.6. The number of aliphatic hydroxyl groups excluding tert-OH is 1. The molecule has 118 valence electrons. The van der Waals surface area contributed by atoms with Gasteiger partial charge in [0.15, 0.2) is 0 Å². The van der Waals surface area contributed by atoms with Gasteiger partial charge >= 0.3 is 6.03 Å². The van der Waals surface area contributed by atoms with Gasteiger partial charge in [0.2, 0.25) is 0 Å². The van der Waals surface area contributed by atoms with Gasteiger partial charge in [-0.05, 0) is 37.0 Å². The number of carbonyl (C=O) groups is 1. The van der Waals surface area contributed by atoms with Crippen molar-refractivity contribution in [1.82, 2.24) is 10.2 Å². The Morgan fingerprint density at radius 1 is 1.45 bits per heavy atom. The van der Waals surface area contributed by atoms with Gasteiger partial charge in [0.25, 0.3) is 0 Å². The summed E-state index contributed by atoms with van der Waals surface area (Å²) in [6, 6.07) is 7.54. The van der Waals surface area contributed by atoms with Crippen LogP contribution < -0.4 is 10.1 Å². The van der Waals surface area contributed by atoms with Crippen LogP contribution in [0.25, 0.3) is 0 Å². The molecule has 1 heterocycles. The van der Waals surface area contributed by atoms with Crippen LogP contribution in [0.2, 0.25) is 0 Å². The normalized spacial score (nSPS) is 17.1. The van der Waals surface area contributed by atoms with Crippen molar-refractivity contribution >= 4 is 6.03 Å². The van der Waals surface area contributed by atoms with Crippen molar-refractivity contribution in [3.63, 3.8) is 0 Å². The van der Waals surface area contributed by atoms with E-state index in [1.807, 2.05) is 24.3 Å². The third kappa shape index (κ3) is 4.40. The summed E-state index contributed by atoms with van der Waals surface area (Å²) in [5.74, 6) is 3.16. The van der Waals surface area contributed by atoms with E-state index in [2.05, 4.69) is 11.2 Å². The van der Waals surface area contributed by atoms with Gasteiger partial charge in [0.05, 0.1) is 12.6 Å². The lowest BCUT2D eigenvalue weighted by Gasteiger charge is -2.23. The molecule has 1 unspecified atom stereocenters. The summed E-state index contributed by atoms with van der Waals surface area (Å²) in [4.78, 5) is 13.8. The minimum atomic E-state index is -0.0921. The van der Waals surface area contributed by atoms with E-state index in [4.69, 9.17) is 11.2 Å². The van der Waals surface area contributed by atoms with E-state index in [9.17, 15) is 9.90 Å². The Morgan fingerprint density at radius 3 is 2.91 bits per heavy atom. The van der Waals surface area contributed by atoms with Crippen molar-refractivity contribution < 1.29 is 14.6 Å². The fraction of sp³-hybridized carbons (Fsp3) is 0.471. The fourth-order valence-corrected chi connectivity index (χ4v) is 2.59. The molecule has 0 aliphatic carbocycles. The lowest BCUT2D eigenvalue weighted by Crippen LogP contribution is -2.44. The molecule has 0 aromatic heterocycles. The molecule has 1 atom stereocenters. The predicted octanol–water partition coefficient (Wildman–Crippen LogP) is 1.41. The Balaban J connectivity index is 1.74. The maximum absolute atomic E-state index is 12.0. The lowest BCUT2D eigenvalue weighted by molar-refractivity contribution is 0.157. The molecule has 0 saturated carbocycles. The average Bonchev–Trinajstić information content (AvgIpc) is 3.02. The Hall–Kier alpha value is -2.19. The number of nitrogens with one attached hydrogen (secondary N) is 1. The molecule has 1 aliphatic rings. The molecule has 1 aliphatic heterocycles. The monoisotopic (exact) mass is 302 g/mol. The van der Waals surface area contributed by atoms with Crippen LogP contribution in [0.5, 0.6) is 5.75 Å². The summed E-state index contributed by atoms with van der Waals surface area (Å²) in [5.41, 5.74) is 1.12. The molecule has 0 spiro atoms. The number of benzene rings is 1. The molecule has 0 radical (unpaired) electrons. The van der Waals surface area contributed by atoms with Gasteiger partial charge in [-0.1, -0.05) is 18.1 Å². The van der Waals surface area contributed by atoms with Crippen LogP contribution in [-0.2, 0) is 6.42 Å². The summed E-state index contributed by atoms with van der Waals surface area (Å²) < 4.78 is 5.31. The van der Waals surface area contributed by atoms with Gasteiger partial charge in [0, 0.05) is 13.1 Å². The zero-order chi connectivity index (χ0) is 15.8. The third-order valence-electron chi connectivity index (χ3n) is 3.78. The van der Waals surface area contributed by atoms with E-state index in [1.54, 1.807) is 4.90 Å². The minimum Gasteiger partial charge on any atom is -0.481 e. The Bertz CT molecular complexity index is 522. The first kappa shape index (κ1) is 16.2. The number of likely N-dealkylation sites (tertiary alicyclic amines) is 1. The Morgan fingerprint density at radius 2 is 2.23 bits per heavy atom. The Kier molecular flexibility index (Phi) is 6.11. The highest BCUT2D eigenvalue weighted by Gasteiger charge is 2.27. The number of hydrogen-bond acceptors (Lipinski definition) is 3. The van der Waals surface area contributed by atoms with Gasteiger partial charge in [-0.3, -0.25) is 0 Å². The van der Waals surface area contributed by atoms with Crippen molar-refractivity contribution in [1.29, 1.82) is 0 Å². The molecule has 2 amide bonds. The first-order valence-electron chi connectivity index (χ1n) is 7.55. The van der Waals surface area contributed by atoms with E-state index in [-0.39, 0.29) is 25.3 Å². The van der Waals surface area contributed by atoms with Gasteiger partial charge < -0.3 is 20.1 Å². The molecular formula is C17H22N2O3. The van der Waals surface area contributed by atoms with E-state index < -0.39 is 0 Å². The molecule has 5 heteroatoms. The van der Waals surface area contributed by atoms with Gasteiger partial charge in [-0.15, -0.1) is 6.42 Å². The minimum absolute atomic E-state index is 0.0343. The standard InChI is InChI=1S/C17H22N2O3/c1-2-12-22-16-7-5-14(6-8-16)9-10-18-17(21)19-11-3-4-15(19)13-20/h1,5-8,15,20H,3-4,9-13H2,(H,18,21). The smallest absolute Gasteiger partial charge is 0.317 e. The predicted molar refractivity (Wildman–Crippen MR) is 84.7 cm³/mol. The number of aliphatic hydroxyl groups is 1. The molecule has 1 aromatic rings. The van der Waals surface area contributed by atoms with Crippen molar-refractivity contribution in [2.24, 2.45) is 0 Å². The molecule has 2 rings (SSSR count). The number of rotatable bonds is 6. The molecule has 2 N–H and O–H groups in total. The van der Waals surface area contributed by atoms with Crippen LogP contribution in [-0.4, -0.2) is 48.4 Å². The number of urea groups is 1. The van der Waals surface area contributed by atoms with Crippen LogP contribution in [0, 0.1) is 12.3 Å². The average molecular weight is 302 g/mol. The number of terminal acetylenes is 1.